The van der Waals surface area contributed by atoms with Crippen LogP contribution in [0, 0.1) is 0 Å². The lowest BCUT2D eigenvalue weighted by Crippen LogP contribution is -2.50. The monoisotopic (exact) mass is 267 g/mol. The van der Waals surface area contributed by atoms with E-state index in [2.05, 4.69) is 16.9 Å². The molecule has 0 amide bonds. The normalized spacial score (nSPS) is 19.5. The van der Waals surface area contributed by atoms with Crippen LogP contribution in [-0.4, -0.2) is 51.6 Å². The molecule has 0 radical (unpaired) electrons. The highest BCUT2D eigenvalue weighted by Gasteiger charge is 2.41. The fourth-order valence-electron chi connectivity index (χ4n) is 2.59. The standard InChI is InChI=1S/C13H21N3O3/c1-3-16-11(4-7-14-16)10-15-8-5-13(19-2,6-9-15)12(17)18/h4,7H,3,5-6,8-10H2,1-2H3,(H,17,18). The first kappa shape index (κ1) is 14.0. The predicted molar refractivity (Wildman–Crippen MR) is 69.8 cm³/mol. The smallest absolute Gasteiger partial charge is 0.336 e. The summed E-state index contributed by atoms with van der Waals surface area (Å²) < 4.78 is 7.19. The van der Waals surface area contributed by atoms with Crippen molar-refractivity contribution in [1.29, 1.82) is 0 Å². The largest absolute Gasteiger partial charge is 0.479 e. The Balaban J connectivity index is 1.95. The van der Waals surface area contributed by atoms with E-state index in [-0.39, 0.29) is 0 Å². The van der Waals surface area contributed by atoms with Gasteiger partial charge in [-0.15, -0.1) is 0 Å². The molecule has 0 aliphatic carbocycles. The lowest BCUT2D eigenvalue weighted by molar-refractivity contribution is -0.168. The van der Waals surface area contributed by atoms with Gasteiger partial charge in [-0.1, -0.05) is 0 Å². The van der Waals surface area contributed by atoms with Crippen molar-refractivity contribution < 1.29 is 14.6 Å². The van der Waals surface area contributed by atoms with E-state index in [0.717, 1.165) is 26.2 Å². The molecule has 1 aliphatic heterocycles. The average Bonchev–Trinajstić information content (AvgIpc) is 2.87. The van der Waals surface area contributed by atoms with E-state index in [1.165, 1.54) is 12.8 Å². The van der Waals surface area contributed by atoms with Crippen molar-refractivity contribution in [3.63, 3.8) is 0 Å². The first-order chi connectivity index (χ1) is 9.11. The number of likely N-dealkylation sites (tertiary alicyclic amines) is 1. The van der Waals surface area contributed by atoms with Crippen LogP contribution in [0.15, 0.2) is 12.3 Å². The van der Waals surface area contributed by atoms with E-state index in [9.17, 15) is 9.90 Å². The Labute approximate surface area is 113 Å². The Kier molecular flexibility index (Phi) is 4.21. The summed E-state index contributed by atoms with van der Waals surface area (Å²) in [5, 5.41) is 13.5. The highest BCUT2D eigenvalue weighted by atomic mass is 16.5. The molecule has 19 heavy (non-hydrogen) atoms. The number of aromatic nitrogens is 2. The molecule has 0 aromatic carbocycles. The van der Waals surface area contributed by atoms with E-state index in [1.54, 1.807) is 6.20 Å². The Hall–Kier alpha value is -1.40. The number of hydrogen-bond acceptors (Lipinski definition) is 4. The SMILES string of the molecule is CCn1nccc1CN1CCC(OC)(C(=O)O)CC1. The van der Waals surface area contributed by atoms with Crippen molar-refractivity contribution in [3.8, 4) is 0 Å². The topological polar surface area (TPSA) is 67.6 Å². The van der Waals surface area contributed by atoms with E-state index in [0.29, 0.717) is 12.8 Å². The lowest BCUT2D eigenvalue weighted by atomic mass is 9.91. The van der Waals surface area contributed by atoms with Crippen molar-refractivity contribution >= 4 is 5.97 Å². The van der Waals surface area contributed by atoms with Gasteiger partial charge in [0.05, 0.1) is 5.69 Å². The molecule has 0 atom stereocenters. The van der Waals surface area contributed by atoms with Crippen LogP contribution in [0.4, 0.5) is 0 Å². The van der Waals surface area contributed by atoms with Gasteiger partial charge in [0.2, 0.25) is 0 Å². The second-order valence-corrected chi connectivity index (χ2v) is 4.92. The van der Waals surface area contributed by atoms with Crippen LogP contribution in [0.5, 0.6) is 0 Å². The van der Waals surface area contributed by atoms with Crippen LogP contribution >= 0.6 is 0 Å². The van der Waals surface area contributed by atoms with Crippen molar-refractivity contribution in [2.75, 3.05) is 20.2 Å². The van der Waals surface area contributed by atoms with Gasteiger partial charge in [0.15, 0.2) is 5.60 Å². The van der Waals surface area contributed by atoms with Crippen LogP contribution in [0.3, 0.4) is 0 Å². The van der Waals surface area contributed by atoms with Crippen LogP contribution < -0.4 is 0 Å². The molecule has 0 saturated carbocycles. The van der Waals surface area contributed by atoms with E-state index in [1.807, 2.05) is 10.7 Å². The molecule has 0 spiro atoms. The second kappa shape index (κ2) is 5.71. The highest BCUT2D eigenvalue weighted by molar-refractivity contribution is 5.77. The van der Waals surface area contributed by atoms with Gasteiger partial charge in [-0.2, -0.15) is 5.10 Å². The number of aryl methyl sites for hydroxylation is 1. The van der Waals surface area contributed by atoms with Crippen molar-refractivity contribution in [1.82, 2.24) is 14.7 Å². The maximum absolute atomic E-state index is 11.3. The van der Waals surface area contributed by atoms with Gasteiger partial charge >= 0.3 is 5.97 Å². The zero-order valence-electron chi connectivity index (χ0n) is 11.5. The Morgan fingerprint density at radius 2 is 2.21 bits per heavy atom. The summed E-state index contributed by atoms with van der Waals surface area (Å²) >= 11 is 0. The van der Waals surface area contributed by atoms with Crippen LogP contribution in [0.25, 0.3) is 0 Å². The maximum atomic E-state index is 11.3. The molecule has 0 unspecified atom stereocenters. The number of methoxy groups -OCH3 is 1. The van der Waals surface area contributed by atoms with Gasteiger partial charge < -0.3 is 9.84 Å². The Bertz CT molecular complexity index is 436. The fourth-order valence-corrected chi connectivity index (χ4v) is 2.59. The van der Waals surface area contributed by atoms with Crippen molar-refractivity contribution in [2.45, 2.75) is 38.5 Å². The molecule has 1 aliphatic rings. The van der Waals surface area contributed by atoms with E-state index < -0.39 is 11.6 Å². The molecular weight excluding hydrogens is 246 g/mol. The zero-order valence-corrected chi connectivity index (χ0v) is 11.5. The average molecular weight is 267 g/mol. The van der Waals surface area contributed by atoms with Gasteiger partial charge in [-0.05, 0) is 25.8 Å². The molecule has 106 valence electrons. The van der Waals surface area contributed by atoms with Gasteiger partial charge in [0.25, 0.3) is 0 Å². The number of hydrogen-bond donors (Lipinski definition) is 1. The minimum Gasteiger partial charge on any atom is -0.479 e. The van der Waals surface area contributed by atoms with E-state index >= 15 is 0 Å². The lowest BCUT2D eigenvalue weighted by Gasteiger charge is -2.37. The van der Waals surface area contributed by atoms with Gasteiger partial charge in [-0.25, -0.2) is 4.79 Å². The molecule has 6 heteroatoms. The van der Waals surface area contributed by atoms with Crippen LogP contribution in [0.2, 0.25) is 0 Å². The predicted octanol–water partition coefficient (Wildman–Crippen LogP) is 0.969. The zero-order chi connectivity index (χ0) is 13.9. The number of carbonyl (C=O) groups is 1. The van der Waals surface area contributed by atoms with Crippen molar-refractivity contribution in [3.05, 3.63) is 18.0 Å². The summed E-state index contributed by atoms with van der Waals surface area (Å²) in [6, 6.07) is 2.01. The third-order valence-corrected chi connectivity index (χ3v) is 3.93. The number of piperidine rings is 1. The Morgan fingerprint density at radius 3 is 2.74 bits per heavy atom. The molecule has 1 aromatic rings. The van der Waals surface area contributed by atoms with Crippen LogP contribution in [-0.2, 0) is 22.6 Å². The van der Waals surface area contributed by atoms with Gasteiger partial charge in [0.1, 0.15) is 0 Å². The fraction of sp³-hybridized carbons (Fsp3) is 0.692. The maximum Gasteiger partial charge on any atom is 0.336 e. The first-order valence-corrected chi connectivity index (χ1v) is 6.63. The molecule has 0 bridgehead atoms. The van der Waals surface area contributed by atoms with Gasteiger partial charge in [0, 0.05) is 39.5 Å². The molecule has 1 fully saturated rings. The number of aliphatic carboxylic acids is 1. The third kappa shape index (κ3) is 2.79. The van der Waals surface area contributed by atoms with Crippen molar-refractivity contribution in [2.24, 2.45) is 0 Å². The molecule has 2 rings (SSSR count). The summed E-state index contributed by atoms with van der Waals surface area (Å²) in [6.45, 7) is 5.19. The summed E-state index contributed by atoms with van der Waals surface area (Å²) in [6.07, 6.45) is 2.86. The second-order valence-electron chi connectivity index (χ2n) is 4.92. The number of carboxylic acid groups (broad SMARTS) is 1. The minimum absolute atomic E-state index is 0.527. The Morgan fingerprint density at radius 1 is 1.53 bits per heavy atom. The van der Waals surface area contributed by atoms with E-state index in [4.69, 9.17) is 4.74 Å². The number of ether oxygens (including phenoxy) is 1. The number of rotatable bonds is 5. The third-order valence-electron chi connectivity index (χ3n) is 3.93. The summed E-state index contributed by atoms with van der Waals surface area (Å²) in [5.41, 5.74) is 0.171. The summed E-state index contributed by atoms with van der Waals surface area (Å²) in [7, 11) is 1.48. The summed E-state index contributed by atoms with van der Waals surface area (Å²) in [5.74, 6) is -0.853. The molecule has 1 aromatic heterocycles. The quantitative estimate of drug-likeness (QED) is 0.861. The van der Waals surface area contributed by atoms with Crippen LogP contribution in [0.1, 0.15) is 25.5 Å². The first-order valence-electron chi connectivity index (χ1n) is 6.63. The number of nitrogens with zero attached hydrogens (tertiary/aromatic N) is 3. The molecule has 6 nitrogen and oxygen atoms in total. The minimum atomic E-state index is -0.999. The summed E-state index contributed by atoms with van der Waals surface area (Å²) in [4.78, 5) is 13.5. The highest BCUT2D eigenvalue weighted by Crippen LogP contribution is 2.26. The molecular formula is C13H21N3O3. The molecule has 1 N–H and O–H groups in total. The molecule has 1 saturated heterocycles. The molecule has 2 heterocycles. The number of carboxylic acids is 1. The van der Waals surface area contributed by atoms with Gasteiger partial charge in [-0.3, -0.25) is 9.58 Å².